The van der Waals surface area contributed by atoms with E-state index in [9.17, 15) is 19.6 Å². The number of nitrogens with one attached hydrogen (secondary N) is 2. The molecule has 2 rings (SSSR count). The number of aromatic amines is 1. The van der Waals surface area contributed by atoms with E-state index in [1.54, 1.807) is 7.11 Å². The average Bonchev–Trinajstić information content (AvgIpc) is 3.26. The molecule has 1 amide bonds. The van der Waals surface area contributed by atoms with Crippen LogP contribution in [0, 0.1) is 25.2 Å². The van der Waals surface area contributed by atoms with Crippen molar-refractivity contribution in [1.82, 2.24) is 9.55 Å². The van der Waals surface area contributed by atoms with E-state index >= 15 is 0 Å². The minimum Gasteiger partial charge on any atom is -0.451 e. The summed E-state index contributed by atoms with van der Waals surface area (Å²) in [7, 11) is 1.61. The van der Waals surface area contributed by atoms with E-state index in [-0.39, 0.29) is 11.5 Å². The van der Waals surface area contributed by atoms with E-state index in [4.69, 9.17) is 9.47 Å². The number of amides is 1. The van der Waals surface area contributed by atoms with Crippen LogP contribution in [0.5, 0.6) is 0 Å². The van der Waals surface area contributed by atoms with E-state index in [2.05, 4.69) is 16.4 Å². The second kappa shape index (κ2) is 9.71. The molecule has 2 aromatic heterocycles. The molecular formula is C20H24N4O5. The van der Waals surface area contributed by atoms with Crippen LogP contribution < -0.4 is 5.32 Å². The highest BCUT2D eigenvalue weighted by Gasteiger charge is 2.20. The molecule has 0 spiro atoms. The van der Waals surface area contributed by atoms with Crippen LogP contribution in [0.2, 0.25) is 0 Å². The van der Waals surface area contributed by atoms with Crippen LogP contribution in [-0.2, 0) is 20.8 Å². The number of nitriles is 1. The van der Waals surface area contributed by atoms with E-state index < -0.39 is 18.5 Å². The molecule has 29 heavy (non-hydrogen) atoms. The zero-order valence-electron chi connectivity index (χ0n) is 16.9. The number of Topliss-reactive ketones (excluding diaryl/α,β-unsaturated/α-hetero) is 1. The Labute approximate surface area is 168 Å². The number of hydrogen-bond donors (Lipinski definition) is 2. The van der Waals surface area contributed by atoms with Gasteiger partial charge in [0.15, 0.2) is 12.4 Å². The maximum absolute atomic E-state index is 12.3. The van der Waals surface area contributed by atoms with E-state index in [0.29, 0.717) is 36.5 Å². The summed E-state index contributed by atoms with van der Waals surface area (Å²) in [5.41, 5.74) is 2.44. The van der Waals surface area contributed by atoms with Gasteiger partial charge in [-0.2, -0.15) is 5.26 Å². The number of ketones is 1. The van der Waals surface area contributed by atoms with Gasteiger partial charge in [0.25, 0.3) is 5.91 Å². The molecule has 0 fully saturated rings. The lowest BCUT2D eigenvalue weighted by molar-refractivity contribution is -0.119. The summed E-state index contributed by atoms with van der Waals surface area (Å²) in [6.45, 7) is 5.64. The molecule has 9 heteroatoms. The number of nitrogens with zero attached hydrogens (tertiary/aromatic N) is 2. The molecular weight excluding hydrogens is 376 g/mol. The van der Waals surface area contributed by atoms with Gasteiger partial charge in [-0.05, 0) is 38.8 Å². The number of H-pyrrole nitrogens is 1. The van der Waals surface area contributed by atoms with Gasteiger partial charge in [-0.3, -0.25) is 9.59 Å². The monoisotopic (exact) mass is 400 g/mol. The SMILES string of the molecule is COCCCn1c(C)c(C)c(C#N)c1NC(=O)COC(=O)c1cc(C(C)=O)c[nH]1. The standard InChI is InChI=1S/C20H24N4O5/c1-12-13(2)24(6-5-7-28-4)19(16(12)9-21)23-18(26)11-29-20(27)17-8-15(10-22-17)14(3)25/h8,10,22H,5-7,11H2,1-4H3,(H,23,26). The fraction of sp³-hybridized carbons (Fsp3) is 0.400. The molecule has 9 nitrogen and oxygen atoms in total. The highest BCUT2D eigenvalue weighted by atomic mass is 16.5. The Bertz CT molecular complexity index is 964. The van der Waals surface area contributed by atoms with Gasteiger partial charge in [-0.25, -0.2) is 4.79 Å². The summed E-state index contributed by atoms with van der Waals surface area (Å²) in [5.74, 6) is -1.14. The number of anilines is 1. The summed E-state index contributed by atoms with van der Waals surface area (Å²) in [4.78, 5) is 38.3. The first-order valence-electron chi connectivity index (χ1n) is 9.05. The molecule has 0 aliphatic rings. The minimum absolute atomic E-state index is 0.0790. The van der Waals surface area contributed by atoms with Gasteiger partial charge in [-0.15, -0.1) is 0 Å². The number of aromatic nitrogens is 2. The fourth-order valence-corrected chi connectivity index (χ4v) is 2.87. The van der Waals surface area contributed by atoms with E-state index in [1.807, 2.05) is 18.4 Å². The normalized spacial score (nSPS) is 10.4. The highest BCUT2D eigenvalue weighted by molar-refractivity contribution is 5.98. The number of carbonyl (C=O) groups excluding carboxylic acids is 3. The Balaban J connectivity index is 2.07. The molecule has 2 heterocycles. The van der Waals surface area contributed by atoms with Crippen molar-refractivity contribution in [3.8, 4) is 6.07 Å². The molecule has 0 atom stereocenters. The maximum Gasteiger partial charge on any atom is 0.355 e. The molecule has 2 N–H and O–H groups in total. The first kappa shape index (κ1) is 21.9. The largest absolute Gasteiger partial charge is 0.451 e. The van der Waals surface area contributed by atoms with E-state index in [0.717, 1.165) is 11.3 Å². The summed E-state index contributed by atoms with van der Waals surface area (Å²) in [6.07, 6.45) is 2.11. The number of rotatable bonds is 9. The van der Waals surface area contributed by atoms with Crippen molar-refractivity contribution in [3.05, 3.63) is 40.3 Å². The molecule has 2 aromatic rings. The zero-order chi connectivity index (χ0) is 21.6. The molecule has 0 aromatic carbocycles. The van der Waals surface area contributed by atoms with Gasteiger partial charge in [0.1, 0.15) is 17.6 Å². The van der Waals surface area contributed by atoms with Crippen LogP contribution in [0.25, 0.3) is 0 Å². The molecule has 0 saturated heterocycles. The topological polar surface area (TPSA) is 126 Å². The lowest BCUT2D eigenvalue weighted by Gasteiger charge is -2.13. The van der Waals surface area contributed by atoms with Crippen LogP contribution in [0.3, 0.4) is 0 Å². The molecule has 0 aliphatic heterocycles. The van der Waals surface area contributed by atoms with Gasteiger partial charge in [0, 0.05) is 37.7 Å². The fourth-order valence-electron chi connectivity index (χ4n) is 2.87. The number of carbonyl (C=O) groups is 3. The lowest BCUT2D eigenvalue weighted by atomic mass is 10.2. The average molecular weight is 400 g/mol. The summed E-state index contributed by atoms with van der Waals surface area (Å²) >= 11 is 0. The second-order valence-electron chi connectivity index (χ2n) is 6.53. The van der Waals surface area contributed by atoms with Gasteiger partial charge in [-0.1, -0.05) is 0 Å². The third-order valence-corrected chi connectivity index (χ3v) is 4.57. The van der Waals surface area contributed by atoms with Crippen molar-refractivity contribution in [2.45, 2.75) is 33.7 Å². The van der Waals surface area contributed by atoms with Crippen molar-refractivity contribution < 1.29 is 23.9 Å². The van der Waals surface area contributed by atoms with Gasteiger partial charge < -0.3 is 24.3 Å². The van der Waals surface area contributed by atoms with Crippen LogP contribution in [0.1, 0.15) is 51.0 Å². The molecule has 0 saturated carbocycles. The third-order valence-electron chi connectivity index (χ3n) is 4.57. The van der Waals surface area contributed by atoms with Crippen molar-refractivity contribution in [2.75, 3.05) is 25.6 Å². The smallest absolute Gasteiger partial charge is 0.355 e. The molecule has 0 unspecified atom stereocenters. The van der Waals surface area contributed by atoms with Crippen LogP contribution >= 0.6 is 0 Å². The first-order valence-corrected chi connectivity index (χ1v) is 9.05. The summed E-state index contributed by atoms with van der Waals surface area (Å²) < 4.78 is 11.9. The van der Waals surface area contributed by atoms with Gasteiger partial charge in [0.2, 0.25) is 0 Å². The van der Waals surface area contributed by atoms with E-state index in [1.165, 1.54) is 19.2 Å². The first-order chi connectivity index (χ1) is 13.8. The lowest BCUT2D eigenvalue weighted by Crippen LogP contribution is -2.23. The zero-order valence-corrected chi connectivity index (χ0v) is 16.9. The van der Waals surface area contributed by atoms with Gasteiger partial charge in [0.05, 0.1) is 5.56 Å². The number of esters is 1. The number of hydrogen-bond acceptors (Lipinski definition) is 6. The van der Waals surface area contributed by atoms with Crippen LogP contribution in [-0.4, -0.2) is 47.5 Å². The number of methoxy groups -OCH3 is 1. The summed E-state index contributed by atoms with van der Waals surface area (Å²) in [5, 5.41) is 12.1. The molecule has 154 valence electrons. The van der Waals surface area contributed by atoms with Crippen molar-refractivity contribution >= 4 is 23.5 Å². The van der Waals surface area contributed by atoms with Crippen LogP contribution in [0.15, 0.2) is 12.3 Å². The van der Waals surface area contributed by atoms with Crippen molar-refractivity contribution in [2.24, 2.45) is 0 Å². The summed E-state index contributed by atoms with van der Waals surface area (Å²) in [6, 6.07) is 3.48. The second-order valence-corrected chi connectivity index (χ2v) is 6.53. The van der Waals surface area contributed by atoms with Gasteiger partial charge >= 0.3 is 5.97 Å². The highest BCUT2D eigenvalue weighted by Crippen LogP contribution is 2.26. The third kappa shape index (κ3) is 5.12. The Kier molecular flexibility index (Phi) is 7.33. The Hall–Kier alpha value is -3.38. The maximum atomic E-state index is 12.3. The van der Waals surface area contributed by atoms with Crippen molar-refractivity contribution in [3.63, 3.8) is 0 Å². The van der Waals surface area contributed by atoms with Crippen molar-refractivity contribution in [1.29, 1.82) is 5.26 Å². The minimum atomic E-state index is -0.754. The Morgan fingerprint density at radius 3 is 2.62 bits per heavy atom. The number of ether oxygens (including phenoxy) is 2. The van der Waals surface area contributed by atoms with Crippen LogP contribution in [0.4, 0.5) is 5.82 Å². The molecule has 0 bridgehead atoms. The Morgan fingerprint density at radius 1 is 1.31 bits per heavy atom. The predicted molar refractivity (Wildman–Crippen MR) is 105 cm³/mol. The quantitative estimate of drug-likeness (QED) is 0.378. The Morgan fingerprint density at radius 2 is 2.03 bits per heavy atom. The molecule has 0 aliphatic carbocycles. The molecule has 0 radical (unpaired) electrons. The predicted octanol–water partition coefficient (Wildman–Crippen LogP) is 2.34.